The third-order valence-electron chi connectivity index (χ3n) is 8.49. The number of nitrogens with zero attached hydrogens (tertiary/aromatic N) is 3. The van der Waals surface area contributed by atoms with Gasteiger partial charge in [-0.1, -0.05) is 35.5 Å². The van der Waals surface area contributed by atoms with E-state index in [2.05, 4.69) is 10.5 Å². The number of carbonyl (C=O) groups excluding carboxylic acids is 2. The molecule has 0 aliphatic carbocycles. The number of amides is 2. The first kappa shape index (κ1) is 29.3. The van der Waals surface area contributed by atoms with Gasteiger partial charge in [-0.05, 0) is 25.3 Å². The molecule has 4 heterocycles. The summed E-state index contributed by atoms with van der Waals surface area (Å²) in [4.78, 5) is 48.2. The number of rotatable bonds is 6. The minimum atomic E-state index is -1.19. The number of aromatic nitrogens is 1. The number of halogens is 3. The number of fused-ring (bicyclic) bond motifs is 5. The highest BCUT2D eigenvalue weighted by molar-refractivity contribution is 5.99. The molecule has 6 rings (SSSR count). The van der Waals surface area contributed by atoms with Gasteiger partial charge in [0.05, 0.1) is 19.6 Å². The highest BCUT2D eigenvalue weighted by atomic mass is 19.1. The molecular formula is C31H29F3N4O6. The smallest absolute Gasteiger partial charge is 0.274 e. The molecule has 3 aliphatic heterocycles. The minimum absolute atomic E-state index is 0.0451. The summed E-state index contributed by atoms with van der Waals surface area (Å²) in [6, 6.07) is 9.75. The van der Waals surface area contributed by atoms with Crippen LogP contribution < -0.4 is 15.5 Å². The normalized spacial score (nSPS) is 22.2. The van der Waals surface area contributed by atoms with Gasteiger partial charge in [-0.25, -0.2) is 13.2 Å². The zero-order valence-electron chi connectivity index (χ0n) is 23.9. The molecule has 3 atom stereocenters. The lowest BCUT2D eigenvalue weighted by atomic mass is 9.85. The van der Waals surface area contributed by atoms with Gasteiger partial charge in [0.1, 0.15) is 29.6 Å². The van der Waals surface area contributed by atoms with Crippen LogP contribution in [0.3, 0.4) is 0 Å². The van der Waals surface area contributed by atoms with Gasteiger partial charge in [-0.3, -0.25) is 14.4 Å². The van der Waals surface area contributed by atoms with E-state index in [1.54, 1.807) is 4.90 Å². The molecular weight excluding hydrogens is 581 g/mol. The second-order valence-electron chi connectivity index (χ2n) is 11.1. The molecule has 10 nitrogen and oxygen atoms in total. The maximum Gasteiger partial charge on any atom is 0.274 e. The van der Waals surface area contributed by atoms with Crippen molar-refractivity contribution in [3.8, 4) is 5.75 Å². The molecule has 1 saturated heterocycles. The fraction of sp³-hybridized carbons (Fsp3) is 0.355. The minimum Gasteiger partial charge on any atom is -0.491 e. The summed E-state index contributed by atoms with van der Waals surface area (Å²) in [6.45, 7) is 1.73. The van der Waals surface area contributed by atoms with Crippen LogP contribution >= 0.6 is 0 Å². The third-order valence-corrected chi connectivity index (χ3v) is 8.49. The maximum atomic E-state index is 14.2. The van der Waals surface area contributed by atoms with Crippen molar-refractivity contribution in [3.63, 3.8) is 0 Å². The molecule has 0 unspecified atom stereocenters. The molecule has 0 saturated carbocycles. The molecule has 1 spiro atoms. The summed E-state index contributed by atoms with van der Waals surface area (Å²) in [6.07, 6.45) is 2.59. The fourth-order valence-electron chi connectivity index (χ4n) is 6.08. The van der Waals surface area contributed by atoms with E-state index in [-0.39, 0.29) is 37.1 Å². The van der Waals surface area contributed by atoms with Crippen molar-refractivity contribution >= 4 is 17.7 Å². The van der Waals surface area contributed by atoms with Crippen molar-refractivity contribution in [1.29, 1.82) is 0 Å². The Kier molecular flexibility index (Phi) is 7.56. The van der Waals surface area contributed by atoms with Crippen molar-refractivity contribution in [1.82, 2.24) is 14.8 Å². The molecule has 2 aromatic carbocycles. The highest BCUT2D eigenvalue weighted by Crippen LogP contribution is 2.46. The first-order valence-corrected chi connectivity index (χ1v) is 14.1. The molecule has 13 heteroatoms. The molecule has 0 radical (unpaired) electrons. The van der Waals surface area contributed by atoms with E-state index in [1.807, 2.05) is 37.3 Å². The summed E-state index contributed by atoms with van der Waals surface area (Å²) < 4.78 is 54.6. The Labute approximate surface area is 250 Å². The van der Waals surface area contributed by atoms with E-state index in [4.69, 9.17) is 14.3 Å². The number of oxime groups is 1. The van der Waals surface area contributed by atoms with E-state index >= 15 is 0 Å². The van der Waals surface area contributed by atoms with Crippen molar-refractivity contribution in [3.05, 3.63) is 98.7 Å². The molecule has 44 heavy (non-hydrogen) atoms. The zero-order valence-corrected chi connectivity index (χ0v) is 23.9. The Morgan fingerprint density at radius 3 is 2.59 bits per heavy atom. The van der Waals surface area contributed by atoms with Crippen molar-refractivity contribution in [2.75, 3.05) is 13.7 Å². The predicted octanol–water partition coefficient (Wildman–Crippen LogP) is 4.07. The number of hydrogen-bond donors (Lipinski definition) is 1. The van der Waals surface area contributed by atoms with Gasteiger partial charge in [0.15, 0.2) is 17.0 Å². The molecule has 3 aliphatic rings. The largest absolute Gasteiger partial charge is 0.491 e. The van der Waals surface area contributed by atoms with E-state index < -0.39 is 64.0 Å². The van der Waals surface area contributed by atoms with Crippen LogP contribution in [-0.2, 0) is 22.7 Å². The summed E-state index contributed by atoms with van der Waals surface area (Å²) in [5.41, 5.74) is -1.94. The van der Waals surface area contributed by atoms with Crippen LogP contribution in [0.25, 0.3) is 0 Å². The van der Waals surface area contributed by atoms with Crippen LogP contribution in [0.15, 0.2) is 58.6 Å². The van der Waals surface area contributed by atoms with Crippen LogP contribution in [0.2, 0.25) is 0 Å². The van der Waals surface area contributed by atoms with Crippen molar-refractivity contribution in [2.24, 2.45) is 5.16 Å². The number of hydrogen-bond acceptors (Lipinski definition) is 7. The second-order valence-corrected chi connectivity index (χ2v) is 11.1. The van der Waals surface area contributed by atoms with Crippen LogP contribution in [0.1, 0.15) is 64.2 Å². The Morgan fingerprint density at radius 1 is 1.16 bits per heavy atom. The monoisotopic (exact) mass is 610 g/mol. The zero-order chi connectivity index (χ0) is 31.2. The first-order valence-electron chi connectivity index (χ1n) is 14.1. The number of carbonyl (C=O) groups is 2. The summed E-state index contributed by atoms with van der Waals surface area (Å²) in [5.74, 6) is -4.86. The van der Waals surface area contributed by atoms with Gasteiger partial charge in [0.25, 0.3) is 11.8 Å². The Balaban J connectivity index is 1.34. The van der Waals surface area contributed by atoms with Gasteiger partial charge in [-0.2, -0.15) is 0 Å². The SMILES string of the molecule is COc1c2n(cc(C(=O)NCc3c(F)cc(F)cc3F)c1=O)[C@@H]1CN(C2=O)[C@@H](C)CC[C@]12CC(OCc1ccccc1)=NO2. The van der Waals surface area contributed by atoms with Gasteiger partial charge in [-0.15, -0.1) is 0 Å². The Hall–Kier alpha value is -4.81. The summed E-state index contributed by atoms with van der Waals surface area (Å²) >= 11 is 0. The topological polar surface area (TPSA) is 111 Å². The third kappa shape index (κ3) is 5.05. The van der Waals surface area contributed by atoms with Gasteiger partial charge < -0.3 is 29.1 Å². The number of benzene rings is 2. The molecule has 1 N–H and O–H groups in total. The van der Waals surface area contributed by atoms with E-state index in [0.29, 0.717) is 30.9 Å². The summed E-state index contributed by atoms with van der Waals surface area (Å²) in [5, 5.41) is 6.57. The molecule has 230 valence electrons. The molecule has 1 fully saturated rings. The Bertz CT molecular complexity index is 1710. The van der Waals surface area contributed by atoms with Crippen LogP contribution in [0.5, 0.6) is 5.75 Å². The van der Waals surface area contributed by atoms with Crippen LogP contribution in [0, 0.1) is 17.5 Å². The highest BCUT2D eigenvalue weighted by Gasteiger charge is 2.55. The van der Waals surface area contributed by atoms with Gasteiger partial charge in [0, 0.05) is 43.0 Å². The van der Waals surface area contributed by atoms with Crippen LogP contribution in [0.4, 0.5) is 13.2 Å². The first-order chi connectivity index (χ1) is 21.1. The fourth-order valence-corrected chi connectivity index (χ4v) is 6.08. The molecule has 2 amide bonds. The lowest BCUT2D eigenvalue weighted by molar-refractivity contribution is -0.0655. The lowest BCUT2D eigenvalue weighted by Crippen LogP contribution is -2.52. The quantitative estimate of drug-likeness (QED) is 0.451. The van der Waals surface area contributed by atoms with Gasteiger partial charge in [0.2, 0.25) is 11.3 Å². The van der Waals surface area contributed by atoms with Crippen LogP contribution in [-0.4, -0.2) is 52.5 Å². The van der Waals surface area contributed by atoms with Crippen molar-refractivity contribution in [2.45, 2.75) is 57.0 Å². The predicted molar refractivity (Wildman–Crippen MR) is 151 cm³/mol. The van der Waals surface area contributed by atoms with Gasteiger partial charge >= 0.3 is 0 Å². The molecule has 3 aromatic rings. The van der Waals surface area contributed by atoms with E-state index in [1.165, 1.54) is 17.9 Å². The average molecular weight is 611 g/mol. The second kappa shape index (κ2) is 11.4. The maximum absolute atomic E-state index is 14.2. The molecule has 1 aromatic heterocycles. The number of nitrogens with one attached hydrogen (secondary N) is 1. The van der Waals surface area contributed by atoms with E-state index in [0.717, 1.165) is 5.56 Å². The summed E-state index contributed by atoms with van der Waals surface area (Å²) in [7, 11) is 1.22. The van der Waals surface area contributed by atoms with Crippen molar-refractivity contribution < 1.29 is 37.1 Å². The number of pyridine rings is 1. The Morgan fingerprint density at radius 2 is 1.89 bits per heavy atom. The number of ether oxygens (including phenoxy) is 2. The number of methoxy groups -OCH3 is 1. The standard InChI is InChI=1S/C31H29F3N4O6/c1-17-8-9-31(12-25(36-44-31)43-16-18-6-4-3-5-7-18)24-15-37(17)30(41)26-28(42-2)27(39)21(14-38(24)26)29(40)35-13-20-22(33)10-19(32)11-23(20)34/h3-7,10-11,14,17,24H,8-9,12-13,15-16H2,1-2H3,(H,35,40)/t17-,24+,31-/m0/s1. The molecule has 2 bridgehead atoms. The van der Waals surface area contributed by atoms with E-state index in [9.17, 15) is 27.6 Å². The lowest BCUT2D eigenvalue weighted by Gasteiger charge is -2.41. The average Bonchev–Trinajstić information content (AvgIpc) is 3.37.